The summed E-state index contributed by atoms with van der Waals surface area (Å²) in [5.41, 5.74) is 0.815. The smallest absolute Gasteiger partial charge is 0.167 e. The predicted octanol–water partition coefficient (Wildman–Crippen LogP) is 4.89. The van der Waals surface area contributed by atoms with E-state index in [2.05, 4.69) is 45.7 Å². The minimum absolute atomic E-state index is 0.160. The highest BCUT2D eigenvalue weighted by Crippen LogP contribution is 2.34. The quantitative estimate of drug-likeness (QED) is 0.713. The number of rotatable bonds is 4. The molecule has 1 aromatic heterocycles. The monoisotopic (exact) mass is 338 g/mol. The maximum absolute atomic E-state index is 12.0. The molecule has 4 heteroatoms. The predicted molar refractivity (Wildman–Crippen MR) is 68.1 cm³/mol. The molecule has 1 aromatic rings. The van der Waals surface area contributed by atoms with Crippen molar-refractivity contribution in [1.82, 2.24) is 0 Å². The summed E-state index contributed by atoms with van der Waals surface area (Å²) < 4.78 is 1.93. The molecule has 0 atom stereocenters. The molecule has 0 aliphatic heterocycles. The summed E-state index contributed by atoms with van der Waals surface area (Å²) in [4.78, 5) is 12.0. The first-order valence-corrected chi connectivity index (χ1v) is 6.99. The maximum atomic E-state index is 12.0. The molecule has 0 saturated carbocycles. The lowest BCUT2D eigenvalue weighted by atomic mass is 9.95. The van der Waals surface area contributed by atoms with Crippen LogP contribution in [-0.2, 0) is 0 Å². The molecule has 0 N–H and O–H groups in total. The third-order valence-electron chi connectivity index (χ3n) is 2.28. The Morgan fingerprint density at radius 2 is 2.00 bits per heavy atom. The van der Waals surface area contributed by atoms with Gasteiger partial charge in [0.15, 0.2) is 5.78 Å². The minimum atomic E-state index is 0.160. The second kappa shape index (κ2) is 5.42. The van der Waals surface area contributed by atoms with E-state index in [1.807, 2.05) is 6.07 Å². The van der Waals surface area contributed by atoms with Crippen molar-refractivity contribution in [1.29, 1.82) is 0 Å². The molecule has 0 aliphatic carbocycles. The number of carbonyl (C=O) groups excluding carboxylic acids is 1. The zero-order valence-electron chi connectivity index (χ0n) is 8.14. The molecule has 0 saturated heterocycles. The second-order valence-electron chi connectivity index (χ2n) is 3.12. The van der Waals surface area contributed by atoms with Crippen molar-refractivity contribution in [2.45, 2.75) is 26.7 Å². The molecule has 1 rings (SSSR count). The van der Waals surface area contributed by atoms with E-state index >= 15 is 0 Å². The van der Waals surface area contributed by atoms with Crippen molar-refractivity contribution in [2.24, 2.45) is 5.92 Å². The van der Waals surface area contributed by atoms with Gasteiger partial charge in [-0.1, -0.05) is 13.8 Å². The van der Waals surface area contributed by atoms with Crippen molar-refractivity contribution < 1.29 is 4.79 Å². The average Bonchev–Trinajstić information content (AvgIpc) is 2.47. The van der Waals surface area contributed by atoms with Gasteiger partial charge in [0.05, 0.1) is 7.57 Å². The van der Waals surface area contributed by atoms with E-state index in [-0.39, 0.29) is 11.7 Å². The Morgan fingerprint density at radius 1 is 1.43 bits per heavy atom. The molecule has 0 fully saturated rings. The summed E-state index contributed by atoms with van der Waals surface area (Å²) >= 11 is 8.34. The van der Waals surface area contributed by atoms with Crippen LogP contribution < -0.4 is 0 Å². The lowest BCUT2D eigenvalue weighted by Crippen LogP contribution is -2.12. The second-order valence-corrected chi connectivity index (χ2v) is 6.86. The molecule has 0 aliphatic rings. The third-order valence-corrected chi connectivity index (χ3v) is 4.62. The third kappa shape index (κ3) is 2.67. The number of Topliss-reactive ketones (excluding diaryl/α,β-unsaturated/α-hetero) is 1. The summed E-state index contributed by atoms with van der Waals surface area (Å²) in [6.07, 6.45) is 1.82. The van der Waals surface area contributed by atoms with Crippen LogP contribution in [0.4, 0.5) is 0 Å². The summed E-state index contributed by atoms with van der Waals surface area (Å²) in [5.74, 6) is 0.414. The van der Waals surface area contributed by atoms with Crippen molar-refractivity contribution in [3.63, 3.8) is 0 Å². The van der Waals surface area contributed by atoms with E-state index in [1.165, 1.54) is 0 Å². The molecular weight excluding hydrogens is 328 g/mol. The molecule has 14 heavy (non-hydrogen) atoms. The summed E-state index contributed by atoms with van der Waals surface area (Å²) in [6.45, 7) is 4.11. The standard InChI is InChI=1S/C10H12Br2OS/c1-3-6(4-2)9(13)7-5-8(11)14-10(7)12/h5-6H,3-4H2,1-2H3. The molecule has 78 valence electrons. The zero-order chi connectivity index (χ0) is 10.7. The van der Waals surface area contributed by atoms with Crippen LogP contribution in [0.25, 0.3) is 0 Å². The minimum Gasteiger partial charge on any atom is -0.294 e. The topological polar surface area (TPSA) is 17.1 Å². The first-order chi connectivity index (χ1) is 6.60. The van der Waals surface area contributed by atoms with E-state index in [4.69, 9.17) is 0 Å². The fourth-order valence-electron chi connectivity index (χ4n) is 1.39. The van der Waals surface area contributed by atoms with E-state index < -0.39 is 0 Å². The molecule has 0 amide bonds. The van der Waals surface area contributed by atoms with Gasteiger partial charge in [-0.25, -0.2) is 0 Å². The van der Waals surface area contributed by atoms with Crippen molar-refractivity contribution in [2.75, 3.05) is 0 Å². The van der Waals surface area contributed by atoms with Crippen LogP contribution in [0.1, 0.15) is 37.0 Å². The van der Waals surface area contributed by atoms with Gasteiger partial charge in [0.25, 0.3) is 0 Å². The van der Waals surface area contributed by atoms with Crippen molar-refractivity contribution in [3.05, 3.63) is 19.2 Å². The number of carbonyl (C=O) groups is 1. The van der Waals surface area contributed by atoms with Crippen molar-refractivity contribution >= 4 is 49.0 Å². The maximum Gasteiger partial charge on any atom is 0.167 e. The molecule has 0 aromatic carbocycles. The SMILES string of the molecule is CCC(CC)C(=O)c1cc(Br)sc1Br. The van der Waals surface area contributed by atoms with E-state index in [0.29, 0.717) is 0 Å². The molecule has 1 heterocycles. The van der Waals surface area contributed by atoms with Crippen LogP contribution in [-0.4, -0.2) is 5.78 Å². The lowest BCUT2D eigenvalue weighted by molar-refractivity contribution is 0.0913. The highest BCUT2D eigenvalue weighted by atomic mass is 79.9. The molecule has 0 spiro atoms. The van der Waals surface area contributed by atoms with Gasteiger partial charge in [0.1, 0.15) is 0 Å². The van der Waals surface area contributed by atoms with Gasteiger partial charge in [0.2, 0.25) is 0 Å². The van der Waals surface area contributed by atoms with Crippen LogP contribution in [0.15, 0.2) is 13.6 Å². The summed E-state index contributed by atoms with van der Waals surface area (Å²) in [7, 11) is 0. The summed E-state index contributed by atoms with van der Waals surface area (Å²) in [6, 6.07) is 1.90. The van der Waals surface area contributed by atoms with E-state index in [0.717, 1.165) is 26.0 Å². The number of hydrogen-bond acceptors (Lipinski definition) is 2. The fraction of sp³-hybridized carbons (Fsp3) is 0.500. The zero-order valence-corrected chi connectivity index (χ0v) is 12.1. The lowest BCUT2D eigenvalue weighted by Gasteiger charge is -2.09. The Morgan fingerprint density at radius 3 is 2.36 bits per heavy atom. The number of ketones is 1. The molecular formula is C10H12Br2OS. The molecule has 0 radical (unpaired) electrons. The molecule has 0 bridgehead atoms. The van der Waals surface area contributed by atoms with Crippen LogP contribution >= 0.6 is 43.2 Å². The van der Waals surface area contributed by atoms with Crippen LogP contribution in [0.2, 0.25) is 0 Å². The van der Waals surface area contributed by atoms with Gasteiger partial charge in [-0.2, -0.15) is 0 Å². The van der Waals surface area contributed by atoms with E-state index in [1.54, 1.807) is 11.3 Å². The fourth-order valence-corrected chi connectivity index (χ4v) is 4.20. The first-order valence-electron chi connectivity index (χ1n) is 4.59. The average molecular weight is 340 g/mol. The number of hydrogen-bond donors (Lipinski definition) is 0. The summed E-state index contributed by atoms with van der Waals surface area (Å²) in [5, 5.41) is 0. The Hall–Kier alpha value is 0.330. The van der Waals surface area contributed by atoms with Crippen LogP contribution in [0.3, 0.4) is 0 Å². The van der Waals surface area contributed by atoms with Crippen LogP contribution in [0, 0.1) is 5.92 Å². The highest BCUT2D eigenvalue weighted by molar-refractivity contribution is 9.12. The Labute approximate surface area is 105 Å². The van der Waals surface area contributed by atoms with Gasteiger partial charge >= 0.3 is 0 Å². The Balaban J connectivity index is 2.93. The largest absolute Gasteiger partial charge is 0.294 e. The normalized spacial score (nSPS) is 10.9. The van der Waals surface area contributed by atoms with Gasteiger partial charge in [0, 0.05) is 11.5 Å². The molecule has 0 unspecified atom stereocenters. The van der Waals surface area contributed by atoms with Gasteiger partial charge in [-0.15, -0.1) is 11.3 Å². The Kier molecular flexibility index (Phi) is 4.80. The molecule has 1 nitrogen and oxygen atoms in total. The number of halogens is 2. The van der Waals surface area contributed by atoms with E-state index in [9.17, 15) is 4.79 Å². The van der Waals surface area contributed by atoms with Gasteiger partial charge in [-0.3, -0.25) is 4.79 Å². The van der Waals surface area contributed by atoms with Gasteiger partial charge in [-0.05, 0) is 50.8 Å². The highest BCUT2D eigenvalue weighted by Gasteiger charge is 2.20. The first kappa shape index (κ1) is 12.4. The van der Waals surface area contributed by atoms with Crippen LogP contribution in [0.5, 0.6) is 0 Å². The van der Waals surface area contributed by atoms with Gasteiger partial charge < -0.3 is 0 Å². The Bertz CT molecular complexity index is 329. The number of thiophene rings is 1. The van der Waals surface area contributed by atoms with Crippen molar-refractivity contribution in [3.8, 4) is 0 Å².